The standard InChI is InChI=1S/C19H19F2N3O2/c1-19(10-12(20)4-5-16(19)21)17-3-2-7-23(17)13-6-8-24-15(9-13)14(11-22-24)18(25)26/h4-6,8-9,11,17H,2-3,7,10H2,1H3,(H,25,26)/t17-,19?/m1/s1. The zero-order valence-corrected chi connectivity index (χ0v) is 14.3. The van der Waals surface area contributed by atoms with Crippen molar-refractivity contribution >= 4 is 17.2 Å². The first kappa shape index (κ1) is 16.8. The highest BCUT2D eigenvalue weighted by Crippen LogP contribution is 2.48. The highest BCUT2D eigenvalue weighted by molar-refractivity contribution is 5.95. The van der Waals surface area contributed by atoms with Crippen LogP contribution in [0.3, 0.4) is 0 Å². The predicted molar refractivity (Wildman–Crippen MR) is 93.6 cm³/mol. The predicted octanol–water partition coefficient (Wildman–Crippen LogP) is 4.12. The van der Waals surface area contributed by atoms with E-state index >= 15 is 0 Å². The number of allylic oxidation sites excluding steroid dienone is 3. The van der Waals surface area contributed by atoms with E-state index in [1.807, 2.05) is 6.07 Å². The smallest absolute Gasteiger partial charge is 0.339 e. The molecule has 136 valence electrons. The van der Waals surface area contributed by atoms with Gasteiger partial charge >= 0.3 is 5.97 Å². The topological polar surface area (TPSA) is 57.8 Å². The van der Waals surface area contributed by atoms with Crippen molar-refractivity contribution in [3.05, 3.63) is 53.9 Å². The molecule has 5 nitrogen and oxygen atoms in total. The van der Waals surface area contributed by atoms with Crippen LogP contribution < -0.4 is 4.90 Å². The molecule has 1 unspecified atom stereocenters. The SMILES string of the molecule is CC1([C@H]2CCCN2c2ccn3ncc(C(=O)O)c3c2)CC(F)=CC=C1F. The van der Waals surface area contributed by atoms with Crippen LogP contribution in [0, 0.1) is 5.41 Å². The van der Waals surface area contributed by atoms with Gasteiger partial charge in [0.15, 0.2) is 0 Å². The van der Waals surface area contributed by atoms with Gasteiger partial charge in [-0.15, -0.1) is 0 Å². The Kier molecular flexibility index (Phi) is 3.82. The number of fused-ring (bicyclic) bond motifs is 1. The molecule has 0 saturated carbocycles. The number of pyridine rings is 1. The second-order valence-electron chi connectivity index (χ2n) is 7.15. The van der Waals surface area contributed by atoms with Crippen LogP contribution in [-0.4, -0.2) is 33.3 Å². The van der Waals surface area contributed by atoms with Crippen LogP contribution in [0.4, 0.5) is 14.5 Å². The molecule has 1 N–H and O–H groups in total. The number of hydrogen-bond acceptors (Lipinski definition) is 3. The van der Waals surface area contributed by atoms with Crippen LogP contribution in [0.5, 0.6) is 0 Å². The van der Waals surface area contributed by atoms with Crippen LogP contribution in [0.15, 0.2) is 48.3 Å². The maximum absolute atomic E-state index is 14.7. The van der Waals surface area contributed by atoms with Crippen molar-refractivity contribution in [1.29, 1.82) is 0 Å². The molecule has 1 aliphatic heterocycles. The van der Waals surface area contributed by atoms with E-state index in [2.05, 4.69) is 10.00 Å². The fraction of sp³-hybridized carbons (Fsp3) is 0.368. The van der Waals surface area contributed by atoms with Gasteiger partial charge in [-0.3, -0.25) is 0 Å². The lowest BCUT2D eigenvalue weighted by atomic mass is 9.74. The Balaban J connectivity index is 1.74. The maximum atomic E-state index is 14.7. The molecule has 7 heteroatoms. The molecule has 0 amide bonds. The molecule has 2 aliphatic rings. The number of hydrogen-bond donors (Lipinski definition) is 1. The summed E-state index contributed by atoms with van der Waals surface area (Å²) in [6.45, 7) is 2.47. The molecule has 1 aliphatic carbocycles. The van der Waals surface area contributed by atoms with Gasteiger partial charge in [0.2, 0.25) is 0 Å². The number of rotatable bonds is 3. The third-order valence-corrected chi connectivity index (χ3v) is 5.55. The van der Waals surface area contributed by atoms with Gasteiger partial charge in [0.1, 0.15) is 17.2 Å². The number of aromatic nitrogens is 2. The number of nitrogens with zero attached hydrogens (tertiary/aromatic N) is 3. The summed E-state index contributed by atoms with van der Waals surface area (Å²) in [5, 5.41) is 13.4. The number of carboxylic acids is 1. The lowest BCUT2D eigenvalue weighted by molar-refractivity contribution is 0.0699. The Morgan fingerprint density at radius 2 is 2.19 bits per heavy atom. The van der Waals surface area contributed by atoms with Gasteiger partial charge in [0.05, 0.1) is 11.7 Å². The maximum Gasteiger partial charge on any atom is 0.339 e. The highest BCUT2D eigenvalue weighted by Gasteiger charge is 2.45. The second kappa shape index (κ2) is 5.93. The van der Waals surface area contributed by atoms with E-state index < -0.39 is 11.4 Å². The molecule has 0 radical (unpaired) electrons. The highest BCUT2D eigenvalue weighted by atomic mass is 19.1. The molecule has 1 fully saturated rings. The zero-order chi connectivity index (χ0) is 18.5. The number of carboxylic acid groups (broad SMARTS) is 1. The van der Waals surface area contributed by atoms with Gasteiger partial charge in [0.25, 0.3) is 0 Å². The molecule has 1 saturated heterocycles. The second-order valence-corrected chi connectivity index (χ2v) is 7.15. The normalized spacial score (nSPS) is 26.1. The summed E-state index contributed by atoms with van der Waals surface area (Å²) in [4.78, 5) is 13.4. The first-order chi connectivity index (χ1) is 12.4. The number of aromatic carboxylic acids is 1. The largest absolute Gasteiger partial charge is 0.478 e. The van der Waals surface area contributed by atoms with E-state index in [1.54, 1.807) is 19.2 Å². The fourth-order valence-corrected chi connectivity index (χ4v) is 4.18. The first-order valence-electron chi connectivity index (χ1n) is 8.60. The van der Waals surface area contributed by atoms with Crippen molar-refractivity contribution in [2.24, 2.45) is 5.41 Å². The van der Waals surface area contributed by atoms with Crippen LogP contribution in [0.1, 0.15) is 36.5 Å². The summed E-state index contributed by atoms with van der Waals surface area (Å²) in [7, 11) is 0. The third kappa shape index (κ3) is 2.50. The van der Waals surface area contributed by atoms with E-state index in [1.165, 1.54) is 22.9 Å². The van der Waals surface area contributed by atoms with E-state index in [9.17, 15) is 18.7 Å². The summed E-state index contributed by atoms with van der Waals surface area (Å²) in [5.74, 6) is -1.68. The quantitative estimate of drug-likeness (QED) is 0.896. The lowest BCUT2D eigenvalue weighted by Gasteiger charge is -2.41. The van der Waals surface area contributed by atoms with Crippen molar-refractivity contribution in [3.63, 3.8) is 0 Å². The molecule has 0 spiro atoms. The van der Waals surface area contributed by atoms with Gasteiger partial charge in [0, 0.05) is 36.3 Å². The van der Waals surface area contributed by atoms with Crippen LogP contribution >= 0.6 is 0 Å². The van der Waals surface area contributed by atoms with E-state index in [0.29, 0.717) is 12.1 Å². The average Bonchev–Trinajstić information content (AvgIpc) is 3.24. The van der Waals surface area contributed by atoms with E-state index in [0.717, 1.165) is 18.5 Å². The summed E-state index contributed by atoms with van der Waals surface area (Å²) in [6, 6.07) is 3.40. The van der Waals surface area contributed by atoms with Crippen molar-refractivity contribution in [1.82, 2.24) is 9.61 Å². The Labute approximate surface area is 149 Å². The third-order valence-electron chi connectivity index (χ3n) is 5.55. The van der Waals surface area contributed by atoms with E-state index in [-0.39, 0.29) is 29.7 Å². The summed E-state index contributed by atoms with van der Waals surface area (Å²) < 4.78 is 30.1. The van der Waals surface area contributed by atoms with Crippen molar-refractivity contribution in [3.8, 4) is 0 Å². The van der Waals surface area contributed by atoms with Gasteiger partial charge in [-0.1, -0.05) is 6.92 Å². The van der Waals surface area contributed by atoms with E-state index in [4.69, 9.17) is 0 Å². The van der Waals surface area contributed by atoms with Crippen molar-refractivity contribution in [2.45, 2.75) is 32.2 Å². The number of anilines is 1. The minimum absolute atomic E-state index is 0.0335. The van der Waals surface area contributed by atoms with Crippen LogP contribution in [0.25, 0.3) is 5.52 Å². The molecule has 0 aromatic carbocycles. The van der Waals surface area contributed by atoms with Gasteiger partial charge in [-0.05, 0) is 37.1 Å². The molecule has 3 heterocycles. The summed E-state index contributed by atoms with van der Waals surface area (Å²) in [6.07, 6.45) is 7.07. The minimum Gasteiger partial charge on any atom is -0.478 e. The number of halogens is 2. The Bertz CT molecular complexity index is 949. The zero-order valence-electron chi connectivity index (χ0n) is 14.3. The Morgan fingerprint density at radius 3 is 2.96 bits per heavy atom. The van der Waals surface area contributed by atoms with Crippen LogP contribution in [0.2, 0.25) is 0 Å². The number of carbonyl (C=O) groups is 1. The molecular weight excluding hydrogens is 340 g/mol. The van der Waals surface area contributed by atoms with Crippen LogP contribution in [-0.2, 0) is 0 Å². The van der Waals surface area contributed by atoms with Gasteiger partial charge in [-0.25, -0.2) is 18.1 Å². The minimum atomic E-state index is -1.05. The molecule has 0 bridgehead atoms. The molecule has 2 aromatic heterocycles. The molecule has 2 aromatic rings. The Hall–Kier alpha value is -2.70. The molecular formula is C19H19F2N3O2. The van der Waals surface area contributed by atoms with Gasteiger partial charge in [-0.2, -0.15) is 5.10 Å². The molecule has 4 rings (SSSR count). The van der Waals surface area contributed by atoms with Crippen molar-refractivity contribution < 1.29 is 18.7 Å². The molecule has 2 atom stereocenters. The first-order valence-corrected chi connectivity index (χ1v) is 8.60. The monoisotopic (exact) mass is 359 g/mol. The molecule has 26 heavy (non-hydrogen) atoms. The Morgan fingerprint density at radius 1 is 1.38 bits per heavy atom. The fourth-order valence-electron chi connectivity index (χ4n) is 4.18. The average molecular weight is 359 g/mol. The lowest BCUT2D eigenvalue weighted by Crippen LogP contribution is -2.44. The summed E-state index contributed by atoms with van der Waals surface area (Å²) in [5.41, 5.74) is 0.465. The van der Waals surface area contributed by atoms with Crippen molar-refractivity contribution in [2.75, 3.05) is 11.4 Å². The van der Waals surface area contributed by atoms with Gasteiger partial charge < -0.3 is 10.0 Å². The summed E-state index contributed by atoms with van der Waals surface area (Å²) >= 11 is 0.